The molecule has 2 heterocycles. The Kier molecular flexibility index (Phi) is 4.89. The molecule has 0 unspecified atom stereocenters. The van der Waals surface area contributed by atoms with Crippen molar-refractivity contribution in [2.45, 2.75) is 32.7 Å². The van der Waals surface area contributed by atoms with Crippen LogP contribution in [0.25, 0.3) is 0 Å². The lowest BCUT2D eigenvalue weighted by molar-refractivity contribution is -0.117. The summed E-state index contributed by atoms with van der Waals surface area (Å²) < 4.78 is 12.9. The number of rotatable bonds is 6. The lowest BCUT2D eigenvalue weighted by Crippen LogP contribution is -2.15. The number of carbonyl (C=O) groups excluding carboxylic acids is 1. The number of halogens is 1. The maximum Gasteiger partial charge on any atom is 0.225 e. The van der Waals surface area contributed by atoms with Crippen LogP contribution in [0.3, 0.4) is 0 Å². The van der Waals surface area contributed by atoms with E-state index in [1.165, 1.54) is 0 Å². The number of nitrogens with two attached hydrogens (primary N) is 1. The standard InChI is InChI=1S/C16H19ClN4O3/c1-2-3-21-16(19-15(20-21)9-14(18)22)7-10-6-12-13(8-11(10)17)24-5-4-23-12/h6,8H,2-5,7,9H2,1H3,(H2,18,22). The number of amides is 1. The van der Waals surface area contributed by atoms with Crippen molar-refractivity contribution in [1.29, 1.82) is 0 Å². The monoisotopic (exact) mass is 350 g/mol. The van der Waals surface area contributed by atoms with E-state index in [4.69, 9.17) is 26.8 Å². The minimum Gasteiger partial charge on any atom is -0.486 e. The van der Waals surface area contributed by atoms with Crippen molar-refractivity contribution in [1.82, 2.24) is 14.8 Å². The fourth-order valence-electron chi connectivity index (χ4n) is 2.59. The van der Waals surface area contributed by atoms with Crippen molar-refractivity contribution in [3.63, 3.8) is 0 Å². The van der Waals surface area contributed by atoms with Gasteiger partial charge in [0.05, 0.1) is 6.42 Å². The van der Waals surface area contributed by atoms with Gasteiger partial charge in [-0.25, -0.2) is 9.67 Å². The summed E-state index contributed by atoms with van der Waals surface area (Å²) in [6, 6.07) is 3.63. The van der Waals surface area contributed by atoms with Crippen molar-refractivity contribution in [3.05, 3.63) is 34.4 Å². The molecule has 0 aliphatic carbocycles. The molecule has 2 N–H and O–H groups in total. The van der Waals surface area contributed by atoms with Gasteiger partial charge in [0.15, 0.2) is 17.3 Å². The summed E-state index contributed by atoms with van der Waals surface area (Å²) in [6.45, 7) is 3.80. The number of carbonyl (C=O) groups is 1. The highest BCUT2D eigenvalue weighted by Gasteiger charge is 2.18. The number of benzene rings is 1. The van der Waals surface area contributed by atoms with Gasteiger partial charge in [0, 0.05) is 24.1 Å². The molecule has 7 nitrogen and oxygen atoms in total. The van der Waals surface area contributed by atoms with E-state index in [2.05, 4.69) is 17.0 Å². The van der Waals surface area contributed by atoms with Crippen LogP contribution in [0, 0.1) is 0 Å². The molecule has 128 valence electrons. The minimum atomic E-state index is -0.451. The Morgan fingerprint density at radius 1 is 1.33 bits per heavy atom. The first kappa shape index (κ1) is 16.6. The van der Waals surface area contributed by atoms with Crippen LogP contribution in [0.5, 0.6) is 11.5 Å². The molecule has 1 aromatic carbocycles. The molecule has 1 aliphatic heterocycles. The number of aromatic nitrogens is 3. The Hall–Kier alpha value is -2.28. The zero-order valence-corrected chi connectivity index (χ0v) is 14.2. The number of nitrogens with zero attached hydrogens (tertiary/aromatic N) is 3. The maximum atomic E-state index is 11.1. The van der Waals surface area contributed by atoms with Gasteiger partial charge < -0.3 is 15.2 Å². The second-order valence-corrected chi connectivity index (χ2v) is 5.98. The molecule has 0 spiro atoms. The van der Waals surface area contributed by atoms with Crippen LogP contribution in [-0.2, 0) is 24.2 Å². The van der Waals surface area contributed by atoms with Crippen molar-refractivity contribution in [3.8, 4) is 11.5 Å². The molecule has 1 aromatic heterocycles. The molecular weight excluding hydrogens is 332 g/mol. The Bertz CT molecular complexity index is 760. The quantitative estimate of drug-likeness (QED) is 0.856. The number of primary amides is 1. The second-order valence-electron chi connectivity index (χ2n) is 5.57. The lowest BCUT2D eigenvalue weighted by Gasteiger charge is -2.19. The van der Waals surface area contributed by atoms with Gasteiger partial charge in [-0.05, 0) is 18.1 Å². The third-order valence-electron chi connectivity index (χ3n) is 3.62. The van der Waals surface area contributed by atoms with Crippen LogP contribution < -0.4 is 15.2 Å². The second kappa shape index (κ2) is 7.09. The topological polar surface area (TPSA) is 92.3 Å². The molecule has 1 amide bonds. The van der Waals surface area contributed by atoms with Gasteiger partial charge in [0.1, 0.15) is 19.0 Å². The van der Waals surface area contributed by atoms with Crippen LogP contribution in [-0.4, -0.2) is 33.9 Å². The van der Waals surface area contributed by atoms with Gasteiger partial charge in [0.2, 0.25) is 5.91 Å². The van der Waals surface area contributed by atoms with Gasteiger partial charge in [-0.1, -0.05) is 18.5 Å². The molecule has 0 fully saturated rings. The predicted molar refractivity (Wildman–Crippen MR) is 88.5 cm³/mol. The van der Waals surface area contributed by atoms with E-state index < -0.39 is 5.91 Å². The molecule has 2 aromatic rings. The largest absolute Gasteiger partial charge is 0.486 e. The fourth-order valence-corrected chi connectivity index (χ4v) is 2.81. The first-order valence-electron chi connectivity index (χ1n) is 7.85. The highest BCUT2D eigenvalue weighted by Crippen LogP contribution is 2.36. The van der Waals surface area contributed by atoms with Gasteiger partial charge >= 0.3 is 0 Å². The van der Waals surface area contributed by atoms with Crippen molar-refractivity contribution < 1.29 is 14.3 Å². The van der Waals surface area contributed by atoms with E-state index in [9.17, 15) is 4.79 Å². The van der Waals surface area contributed by atoms with E-state index in [1.54, 1.807) is 10.7 Å². The molecule has 0 bridgehead atoms. The highest BCUT2D eigenvalue weighted by atomic mass is 35.5. The minimum absolute atomic E-state index is 0.0264. The summed E-state index contributed by atoms with van der Waals surface area (Å²) in [7, 11) is 0. The molecule has 24 heavy (non-hydrogen) atoms. The first-order valence-corrected chi connectivity index (χ1v) is 8.23. The molecule has 1 aliphatic rings. The highest BCUT2D eigenvalue weighted by molar-refractivity contribution is 6.31. The Morgan fingerprint density at radius 2 is 2.04 bits per heavy atom. The number of aryl methyl sites for hydroxylation is 1. The number of hydrogen-bond acceptors (Lipinski definition) is 5. The number of ether oxygens (including phenoxy) is 2. The molecule has 0 saturated heterocycles. The SMILES string of the molecule is CCCn1nc(CC(N)=O)nc1Cc1cc2c(cc1Cl)OCCO2. The molecule has 0 radical (unpaired) electrons. The predicted octanol–water partition coefficient (Wildman–Crippen LogP) is 1.73. The molecule has 0 atom stereocenters. The van der Waals surface area contributed by atoms with Crippen LogP contribution in [0.1, 0.15) is 30.6 Å². The van der Waals surface area contributed by atoms with E-state index in [0.717, 1.165) is 17.8 Å². The first-order chi connectivity index (χ1) is 11.6. The third-order valence-corrected chi connectivity index (χ3v) is 3.97. The third kappa shape index (κ3) is 3.62. The van der Waals surface area contributed by atoms with Crippen molar-refractivity contribution in [2.75, 3.05) is 13.2 Å². The summed E-state index contributed by atoms with van der Waals surface area (Å²) in [6.07, 6.45) is 1.42. The van der Waals surface area contributed by atoms with Crippen LogP contribution >= 0.6 is 11.6 Å². The average Bonchev–Trinajstić information content (AvgIpc) is 2.89. The van der Waals surface area contributed by atoms with Crippen LogP contribution in [0.15, 0.2) is 12.1 Å². The average molecular weight is 351 g/mol. The lowest BCUT2D eigenvalue weighted by atomic mass is 10.1. The Balaban J connectivity index is 1.89. The molecule has 3 rings (SSSR count). The summed E-state index contributed by atoms with van der Waals surface area (Å²) in [4.78, 5) is 15.5. The molecular formula is C16H19ClN4O3. The fraction of sp³-hybridized carbons (Fsp3) is 0.438. The van der Waals surface area contributed by atoms with Gasteiger partial charge in [-0.2, -0.15) is 5.10 Å². The van der Waals surface area contributed by atoms with Crippen molar-refractivity contribution in [2.24, 2.45) is 5.73 Å². The van der Waals surface area contributed by atoms with Crippen LogP contribution in [0.2, 0.25) is 5.02 Å². The van der Waals surface area contributed by atoms with Gasteiger partial charge in [-0.3, -0.25) is 4.79 Å². The maximum absolute atomic E-state index is 11.1. The van der Waals surface area contributed by atoms with Crippen molar-refractivity contribution >= 4 is 17.5 Å². The molecule has 8 heteroatoms. The normalized spacial score (nSPS) is 13.1. The summed E-state index contributed by atoms with van der Waals surface area (Å²) in [5.74, 6) is 2.05. The Labute approximate surface area is 144 Å². The van der Waals surface area contributed by atoms with E-state index in [1.807, 2.05) is 6.07 Å². The van der Waals surface area contributed by atoms with E-state index >= 15 is 0 Å². The van der Waals surface area contributed by atoms with Crippen LogP contribution in [0.4, 0.5) is 0 Å². The summed E-state index contributed by atoms with van der Waals surface area (Å²) >= 11 is 6.36. The van der Waals surface area contributed by atoms with Gasteiger partial charge in [-0.15, -0.1) is 0 Å². The van der Waals surface area contributed by atoms with E-state index in [0.29, 0.717) is 48.5 Å². The summed E-state index contributed by atoms with van der Waals surface area (Å²) in [5.41, 5.74) is 6.10. The molecule has 0 saturated carbocycles. The van der Waals surface area contributed by atoms with E-state index in [-0.39, 0.29) is 6.42 Å². The van der Waals surface area contributed by atoms with Gasteiger partial charge in [0.25, 0.3) is 0 Å². The smallest absolute Gasteiger partial charge is 0.225 e. The zero-order chi connectivity index (χ0) is 17.1. The summed E-state index contributed by atoms with van der Waals surface area (Å²) in [5, 5.41) is 4.94. The number of hydrogen-bond donors (Lipinski definition) is 1. The Morgan fingerprint density at radius 3 is 2.71 bits per heavy atom. The number of fused-ring (bicyclic) bond motifs is 1. The zero-order valence-electron chi connectivity index (χ0n) is 13.4.